The molecular formula is C11H15N3O2S. The van der Waals surface area contributed by atoms with Crippen LogP contribution in [0.1, 0.15) is 12.5 Å². The van der Waals surface area contributed by atoms with Gasteiger partial charge in [0.1, 0.15) is 0 Å². The third-order valence-electron chi connectivity index (χ3n) is 2.06. The van der Waals surface area contributed by atoms with Crippen molar-refractivity contribution < 1.29 is 9.59 Å². The molecule has 0 aliphatic carbocycles. The van der Waals surface area contributed by atoms with Gasteiger partial charge < -0.3 is 5.73 Å². The van der Waals surface area contributed by atoms with Gasteiger partial charge in [-0.1, -0.05) is 6.07 Å². The molecule has 2 amide bonds. The van der Waals surface area contributed by atoms with Crippen LogP contribution in [0.4, 0.5) is 5.69 Å². The van der Waals surface area contributed by atoms with E-state index in [-0.39, 0.29) is 17.6 Å². The molecule has 1 aromatic rings. The maximum atomic E-state index is 11.3. The highest BCUT2D eigenvalue weighted by atomic mass is 32.2. The largest absolute Gasteiger partial charge is 0.398 e. The number of anilines is 1. The minimum absolute atomic E-state index is 0.227. The Morgan fingerprint density at radius 1 is 1.35 bits per heavy atom. The number of nitrogen functional groups attached to an aromatic ring is 1. The SMILES string of the molecule is CC(=O)NNC(=O)CSc1cccc(N)c1C. The van der Waals surface area contributed by atoms with Crippen LogP contribution in [0.3, 0.4) is 0 Å². The fourth-order valence-electron chi connectivity index (χ4n) is 1.12. The summed E-state index contributed by atoms with van der Waals surface area (Å²) in [5.74, 6) is -0.333. The Morgan fingerprint density at radius 2 is 2.06 bits per heavy atom. The quantitative estimate of drug-likeness (QED) is 0.423. The molecule has 92 valence electrons. The van der Waals surface area contributed by atoms with Gasteiger partial charge in [-0.15, -0.1) is 11.8 Å². The molecule has 0 aromatic heterocycles. The van der Waals surface area contributed by atoms with Gasteiger partial charge in [0.2, 0.25) is 11.8 Å². The van der Waals surface area contributed by atoms with E-state index in [0.717, 1.165) is 10.5 Å². The van der Waals surface area contributed by atoms with Crippen molar-refractivity contribution in [2.45, 2.75) is 18.7 Å². The Labute approximate surface area is 104 Å². The normalized spacial score (nSPS) is 9.76. The Balaban J connectivity index is 2.47. The molecule has 1 rings (SSSR count). The average molecular weight is 253 g/mol. The van der Waals surface area contributed by atoms with Crippen molar-refractivity contribution in [1.82, 2.24) is 10.9 Å². The molecule has 1 aromatic carbocycles. The molecule has 0 saturated heterocycles. The highest BCUT2D eigenvalue weighted by Crippen LogP contribution is 2.25. The van der Waals surface area contributed by atoms with Crippen molar-refractivity contribution in [3.63, 3.8) is 0 Å². The third-order valence-corrected chi connectivity index (χ3v) is 3.22. The Morgan fingerprint density at radius 3 is 2.71 bits per heavy atom. The van der Waals surface area contributed by atoms with E-state index in [1.165, 1.54) is 18.7 Å². The Bertz CT molecular complexity index is 435. The zero-order valence-corrected chi connectivity index (χ0v) is 10.6. The first-order valence-electron chi connectivity index (χ1n) is 5.04. The van der Waals surface area contributed by atoms with Crippen molar-refractivity contribution in [2.24, 2.45) is 0 Å². The summed E-state index contributed by atoms with van der Waals surface area (Å²) in [6.45, 7) is 3.23. The summed E-state index contributed by atoms with van der Waals surface area (Å²) >= 11 is 1.38. The van der Waals surface area contributed by atoms with E-state index in [1.807, 2.05) is 25.1 Å². The van der Waals surface area contributed by atoms with Crippen LogP contribution in [0.5, 0.6) is 0 Å². The second-order valence-electron chi connectivity index (χ2n) is 3.49. The molecule has 0 heterocycles. The summed E-state index contributed by atoms with van der Waals surface area (Å²) in [5, 5.41) is 0. The van der Waals surface area contributed by atoms with Crippen LogP contribution in [0, 0.1) is 6.92 Å². The van der Waals surface area contributed by atoms with Crippen LogP contribution >= 0.6 is 11.8 Å². The molecule has 6 heteroatoms. The van der Waals surface area contributed by atoms with Gasteiger partial charge in [0.05, 0.1) is 5.75 Å². The fraction of sp³-hybridized carbons (Fsp3) is 0.273. The molecule has 5 nitrogen and oxygen atoms in total. The maximum Gasteiger partial charge on any atom is 0.248 e. The molecule has 0 aliphatic rings. The number of hydrogen-bond acceptors (Lipinski definition) is 4. The number of carbonyl (C=O) groups is 2. The summed E-state index contributed by atoms with van der Waals surface area (Å²) in [4.78, 5) is 22.9. The molecule has 0 radical (unpaired) electrons. The molecule has 0 saturated carbocycles. The van der Waals surface area contributed by atoms with Gasteiger partial charge in [-0.05, 0) is 24.6 Å². The summed E-state index contributed by atoms with van der Waals surface area (Å²) in [5.41, 5.74) is 12.0. The van der Waals surface area contributed by atoms with E-state index in [0.29, 0.717) is 5.69 Å². The molecule has 0 fully saturated rings. The van der Waals surface area contributed by atoms with Gasteiger partial charge in [-0.3, -0.25) is 20.4 Å². The lowest BCUT2D eigenvalue weighted by Crippen LogP contribution is -2.41. The lowest BCUT2D eigenvalue weighted by molar-refractivity contribution is -0.126. The standard InChI is InChI=1S/C11H15N3O2S/c1-7-9(12)4-3-5-10(7)17-6-11(16)14-13-8(2)15/h3-5H,6,12H2,1-2H3,(H,13,15)(H,14,16). The number of nitrogens with one attached hydrogen (secondary N) is 2. The van der Waals surface area contributed by atoms with Crippen molar-refractivity contribution in [2.75, 3.05) is 11.5 Å². The monoisotopic (exact) mass is 253 g/mol. The lowest BCUT2D eigenvalue weighted by atomic mass is 10.2. The number of carbonyl (C=O) groups excluding carboxylic acids is 2. The summed E-state index contributed by atoms with van der Waals surface area (Å²) in [6, 6.07) is 5.56. The van der Waals surface area contributed by atoms with Crippen LogP contribution in [0.25, 0.3) is 0 Å². The molecule has 17 heavy (non-hydrogen) atoms. The second-order valence-corrected chi connectivity index (χ2v) is 4.51. The Hall–Kier alpha value is -1.69. The van der Waals surface area contributed by atoms with Crippen molar-refractivity contribution in [1.29, 1.82) is 0 Å². The van der Waals surface area contributed by atoms with Gasteiger partial charge in [0.25, 0.3) is 0 Å². The maximum absolute atomic E-state index is 11.3. The van der Waals surface area contributed by atoms with Gasteiger partial charge in [-0.25, -0.2) is 0 Å². The molecular weight excluding hydrogens is 238 g/mol. The predicted octanol–water partition coefficient (Wildman–Crippen LogP) is 0.837. The number of benzene rings is 1. The number of nitrogens with two attached hydrogens (primary N) is 1. The van der Waals surface area contributed by atoms with Gasteiger partial charge in [0.15, 0.2) is 0 Å². The number of rotatable bonds is 3. The first-order valence-corrected chi connectivity index (χ1v) is 6.02. The van der Waals surface area contributed by atoms with Crippen LogP contribution in [0.15, 0.2) is 23.1 Å². The van der Waals surface area contributed by atoms with Crippen molar-refractivity contribution in [3.8, 4) is 0 Å². The molecule has 4 N–H and O–H groups in total. The number of amides is 2. The highest BCUT2D eigenvalue weighted by Gasteiger charge is 2.06. The van der Waals surface area contributed by atoms with Crippen LogP contribution < -0.4 is 16.6 Å². The highest BCUT2D eigenvalue weighted by molar-refractivity contribution is 8.00. The van der Waals surface area contributed by atoms with Crippen LogP contribution in [0.2, 0.25) is 0 Å². The van der Waals surface area contributed by atoms with Gasteiger partial charge in [-0.2, -0.15) is 0 Å². The van der Waals surface area contributed by atoms with Gasteiger partial charge in [0, 0.05) is 17.5 Å². The van der Waals surface area contributed by atoms with E-state index in [4.69, 9.17) is 5.73 Å². The second kappa shape index (κ2) is 6.15. The van der Waals surface area contributed by atoms with Crippen molar-refractivity contribution in [3.05, 3.63) is 23.8 Å². The van der Waals surface area contributed by atoms with E-state index in [1.54, 1.807) is 0 Å². The zero-order valence-electron chi connectivity index (χ0n) is 9.74. The molecule has 0 bridgehead atoms. The average Bonchev–Trinajstić information content (AvgIpc) is 2.28. The summed E-state index contributed by atoms with van der Waals surface area (Å²) in [7, 11) is 0. The molecule has 0 spiro atoms. The number of thioether (sulfide) groups is 1. The first kappa shape index (κ1) is 13.4. The number of hydrogen-bond donors (Lipinski definition) is 3. The zero-order chi connectivity index (χ0) is 12.8. The minimum Gasteiger partial charge on any atom is -0.398 e. The lowest BCUT2D eigenvalue weighted by Gasteiger charge is -2.08. The van der Waals surface area contributed by atoms with E-state index in [9.17, 15) is 9.59 Å². The molecule has 0 aliphatic heterocycles. The minimum atomic E-state index is -0.302. The molecule has 0 unspecified atom stereocenters. The smallest absolute Gasteiger partial charge is 0.248 e. The van der Waals surface area contributed by atoms with Crippen molar-refractivity contribution >= 4 is 29.3 Å². The molecule has 0 atom stereocenters. The van der Waals surface area contributed by atoms with E-state index >= 15 is 0 Å². The van der Waals surface area contributed by atoms with Crippen LogP contribution in [-0.2, 0) is 9.59 Å². The topological polar surface area (TPSA) is 84.2 Å². The third kappa shape index (κ3) is 4.36. The van der Waals surface area contributed by atoms with E-state index in [2.05, 4.69) is 10.9 Å². The number of hydrazine groups is 1. The summed E-state index contributed by atoms with van der Waals surface area (Å²) in [6.07, 6.45) is 0. The van der Waals surface area contributed by atoms with E-state index < -0.39 is 0 Å². The first-order chi connectivity index (χ1) is 8.00. The van der Waals surface area contributed by atoms with Crippen LogP contribution in [-0.4, -0.2) is 17.6 Å². The Kier molecular flexibility index (Phi) is 4.84. The summed E-state index contributed by atoms with van der Waals surface area (Å²) < 4.78 is 0. The fourth-order valence-corrected chi connectivity index (χ4v) is 1.99. The van der Waals surface area contributed by atoms with Gasteiger partial charge >= 0.3 is 0 Å². The predicted molar refractivity (Wildman–Crippen MR) is 68.3 cm³/mol.